The summed E-state index contributed by atoms with van der Waals surface area (Å²) in [4.78, 5) is 0. The Morgan fingerprint density at radius 1 is 1.28 bits per heavy atom. The van der Waals surface area contributed by atoms with Crippen LogP contribution < -0.4 is 4.74 Å². The predicted molar refractivity (Wildman–Crippen MR) is 80.9 cm³/mol. The maximum absolute atomic E-state index is 6.65. The van der Waals surface area contributed by atoms with E-state index in [1.807, 2.05) is 12.1 Å². The lowest BCUT2D eigenvalue weighted by Crippen LogP contribution is -2.13. The third-order valence-corrected chi connectivity index (χ3v) is 5.00. The lowest BCUT2D eigenvalue weighted by molar-refractivity contribution is 0.339. The van der Waals surface area contributed by atoms with E-state index < -0.39 is 0 Å². The van der Waals surface area contributed by atoms with Gasteiger partial charge in [-0.05, 0) is 46.8 Å². The quantitative estimate of drug-likeness (QED) is 0.609. The van der Waals surface area contributed by atoms with Crippen molar-refractivity contribution in [3.63, 3.8) is 0 Å². The minimum Gasteiger partial charge on any atom is -0.495 e. The molecule has 1 aromatic carbocycles. The van der Waals surface area contributed by atoms with Crippen LogP contribution in [0.15, 0.2) is 16.6 Å². The first kappa shape index (κ1) is 14.5. The van der Waals surface area contributed by atoms with Gasteiger partial charge >= 0.3 is 0 Å². The Morgan fingerprint density at radius 3 is 2.56 bits per heavy atom. The van der Waals surface area contributed by atoms with Gasteiger partial charge in [0.1, 0.15) is 5.75 Å². The summed E-state index contributed by atoms with van der Waals surface area (Å²) in [6, 6.07) is 3.77. The second-order valence-corrected chi connectivity index (χ2v) is 6.57. The highest BCUT2D eigenvalue weighted by molar-refractivity contribution is 9.10. The summed E-state index contributed by atoms with van der Waals surface area (Å²) in [7, 11) is 1.67. The molecule has 1 fully saturated rings. The molecule has 0 radical (unpaired) electrons. The second-order valence-electron chi connectivity index (χ2n) is 4.81. The molecule has 0 amide bonds. The van der Waals surface area contributed by atoms with Crippen LogP contribution in [0.5, 0.6) is 5.75 Å². The standard InChI is InChI=1S/C14H17BrCl2O/c1-18-14-11(7-10(16)8-12(14)15)13(17)9-5-3-2-4-6-9/h7-9,13H,2-6H2,1H3. The Bertz CT molecular complexity index is 417. The molecule has 0 bridgehead atoms. The van der Waals surface area contributed by atoms with E-state index in [9.17, 15) is 0 Å². The largest absolute Gasteiger partial charge is 0.495 e. The molecule has 1 nitrogen and oxygen atoms in total. The summed E-state index contributed by atoms with van der Waals surface area (Å²) in [5.74, 6) is 1.34. The Morgan fingerprint density at radius 2 is 1.94 bits per heavy atom. The maximum Gasteiger partial charge on any atom is 0.137 e. The zero-order valence-corrected chi connectivity index (χ0v) is 13.5. The summed E-state index contributed by atoms with van der Waals surface area (Å²) < 4.78 is 6.32. The van der Waals surface area contributed by atoms with Crippen molar-refractivity contribution in [1.82, 2.24) is 0 Å². The summed E-state index contributed by atoms with van der Waals surface area (Å²) in [5.41, 5.74) is 1.01. The smallest absolute Gasteiger partial charge is 0.137 e. The van der Waals surface area contributed by atoms with Crippen molar-refractivity contribution < 1.29 is 4.74 Å². The molecule has 1 unspecified atom stereocenters. The van der Waals surface area contributed by atoms with E-state index in [1.54, 1.807) is 7.11 Å². The molecule has 0 aliphatic heterocycles. The molecule has 2 rings (SSSR count). The molecule has 1 aliphatic rings. The number of hydrogen-bond donors (Lipinski definition) is 0. The number of rotatable bonds is 3. The molecule has 1 aliphatic carbocycles. The van der Waals surface area contributed by atoms with Crippen LogP contribution in [-0.4, -0.2) is 7.11 Å². The lowest BCUT2D eigenvalue weighted by atomic mass is 9.84. The molecule has 0 heterocycles. The first-order valence-electron chi connectivity index (χ1n) is 6.30. The fraction of sp³-hybridized carbons (Fsp3) is 0.571. The number of hydrogen-bond acceptors (Lipinski definition) is 1. The van der Waals surface area contributed by atoms with Crippen LogP contribution in [0.2, 0.25) is 5.02 Å². The van der Waals surface area contributed by atoms with E-state index in [2.05, 4.69) is 15.9 Å². The highest BCUT2D eigenvalue weighted by Gasteiger charge is 2.26. The van der Waals surface area contributed by atoms with Crippen LogP contribution in [-0.2, 0) is 0 Å². The third kappa shape index (κ3) is 3.15. The first-order chi connectivity index (χ1) is 8.63. The zero-order valence-electron chi connectivity index (χ0n) is 10.4. The molecule has 1 atom stereocenters. The monoisotopic (exact) mass is 350 g/mol. The Kier molecular flexibility index (Phi) is 5.23. The fourth-order valence-corrected chi connectivity index (χ4v) is 4.09. The Balaban J connectivity index is 2.30. The SMILES string of the molecule is COc1c(Br)cc(Cl)cc1C(Cl)C1CCCCC1. The predicted octanol–water partition coefficient (Wildman–Crippen LogP) is 5.97. The summed E-state index contributed by atoms with van der Waals surface area (Å²) >= 11 is 16.3. The zero-order chi connectivity index (χ0) is 13.1. The molecule has 18 heavy (non-hydrogen) atoms. The van der Waals surface area contributed by atoms with Crippen LogP contribution in [0.3, 0.4) is 0 Å². The van der Waals surface area contributed by atoms with E-state index in [0.717, 1.165) is 15.8 Å². The highest BCUT2D eigenvalue weighted by atomic mass is 79.9. The van der Waals surface area contributed by atoms with E-state index in [4.69, 9.17) is 27.9 Å². The minimum absolute atomic E-state index is 0.0183. The van der Waals surface area contributed by atoms with E-state index in [0.29, 0.717) is 10.9 Å². The topological polar surface area (TPSA) is 9.23 Å². The van der Waals surface area contributed by atoms with Gasteiger partial charge in [0.2, 0.25) is 0 Å². The summed E-state index contributed by atoms with van der Waals surface area (Å²) in [6.45, 7) is 0. The van der Waals surface area contributed by atoms with Crippen LogP contribution >= 0.6 is 39.1 Å². The van der Waals surface area contributed by atoms with Crippen molar-refractivity contribution in [2.75, 3.05) is 7.11 Å². The molecule has 0 aromatic heterocycles. The minimum atomic E-state index is -0.0183. The third-order valence-electron chi connectivity index (χ3n) is 3.60. The van der Waals surface area contributed by atoms with Crippen molar-refractivity contribution >= 4 is 39.1 Å². The van der Waals surface area contributed by atoms with Crippen LogP contribution in [0.25, 0.3) is 0 Å². The van der Waals surface area contributed by atoms with Crippen LogP contribution in [0.4, 0.5) is 0 Å². The lowest BCUT2D eigenvalue weighted by Gasteiger charge is -2.27. The molecule has 100 valence electrons. The molecule has 0 saturated heterocycles. The van der Waals surface area contributed by atoms with Crippen molar-refractivity contribution in [1.29, 1.82) is 0 Å². The van der Waals surface area contributed by atoms with Crippen LogP contribution in [0.1, 0.15) is 43.0 Å². The summed E-state index contributed by atoms with van der Waals surface area (Å²) in [6.07, 6.45) is 6.27. The molecular weight excluding hydrogens is 335 g/mol. The van der Waals surface area contributed by atoms with Crippen molar-refractivity contribution in [3.05, 3.63) is 27.2 Å². The first-order valence-corrected chi connectivity index (χ1v) is 7.91. The number of methoxy groups -OCH3 is 1. The van der Waals surface area contributed by atoms with Gasteiger partial charge in [-0.2, -0.15) is 0 Å². The number of halogens is 3. The second kappa shape index (κ2) is 6.49. The van der Waals surface area contributed by atoms with Crippen molar-refractivity contribution in [3.8, 4) is 5.75 Å². The van der Waals surface area contributed by atoms with Gasteiger partial charge in [-0.15, -0.1) is 11.6 Å². The van der Waals surface area contributed by atoms with Crippen LogP contribution in [0, 0.1) is 5.92 Å². The van der Waals surface area contributed by atoms with Gasteiger partial charge in [0.25, 0.3) is 0 Å². The van der Waals surface area contributed by atoms with Gasteiger partial charge in [-0.3, -0.25) is 0 Å². The fourth-order valence-electron chi connectivity index (χ4n) is 2.68. The summed E-state index contributed by atoms with van der Waals surface area (Å²) in [5, 5.41) is 0.675. The molecular formula is C14H17BrCl2O. The Labute approximate surface area is 127 Å². The van der Waals surface area contributed by atoms with E-state index in [-0.39, 0.29) is 5.38 Å². The average Bonchev–Trinajstić information content (AvgIpc) is 2.38. The molecule has 1 saturated carbocycles. The normalized spacial score (nSPS) is 18.7. The van der Waals surface area contributed by atoms with Gasteiger partial charge in [0.05, 0.1) is 17.0 Å². The molecule has 0 spiro atoms. The number of ether oxygens (including phenoxy) is 1. The van der Waals surface area contributed by atoms with Gasteiger partial charge in [0, 0.05) is 10.6 Å². The van der Waals surface area contributed by atoms with Gasteiger partial charge in [-0.1, -0.05) is 30.9 Å². The van der Waals surface area contributed by atoms with Gasteiger partial charge < -0.3 is 4.74 Å². The highest BCUT2D eigenvalue weighted by Crippen LogP contribution is 2.45. The van der Waals surface area contributed by atoms with E-state index in [1.165, 1.54) is 32.1 Å². The maximum atomic E-state index is 6.65. The molecule has 0 N–H and O–H groups in total. The molecule has 4 heteroatoms. The molecule has 1 aromatic rings. The van der Waals surface area contributed by atoms with Crippen molar-refractivity contribution in [2.24, 2.45) is 5.92 Å². The number of benzene rings is 1. The van der Waals surface area contributed by atoms with Crippen molar-refractivity contribution in [2.45, 2.75) is 37.5 Å². The van der Waals surface area contributed by atoms with Gasteiger partial charge in [-0.25, -0.2) is 0 Å². The Hall–Kier alpha value is 0.0800. The van der Waals surface area contributed by atoms with Gasteiger partial charge in [0.15, 0.2) is 0 Å². The van der Waals surface area contributed by atoms with E-state index >= 15 is 0 Å². The average molecular weight is 352 g/mol. The number of alkyl halides is 1.